The molecule has 0 aliphatic carbocycles. The summed E-state index contributed by atoms with van der Waals surface area (Å²) in [6, 6.07) is 0. The average molecular weight is 270 g/mol. The maximum absolute atomic E-state index is 13.0. The number of carbonyl (C=O) groups excluding carboxylic acids is 1. The van der Waals surface area contributed by atoms with Crippen LogP contribution in [0.2, 0.25) is 0 Å². The normalized spacial score (nSPS) is 10.1. The molecule has 0 aliphatic rings. The molecule has 0 bridgehead atoms. The van der Waals surface area contributed by atoms with E-state index in [-0.39, 0.29) is 5.01 Å². The molecule has 10 heteroatoms. The highest BCUT2D eigenvalue weighted by atomic mass is 19.2. The van der Waals surface area contributed by atoms with Crippen LogP contribution in [0, 0.1) is 34.0 Å². The predicted molar refractivity (Wildman–Crippen MR) is 45.8 cm³/mol. The number of carbonyl (C=O) groups is 1. The van der Waals surface area contributed by atoms with Gasteiger partial charge in [-0.2, -0.15) is 13.8 Å². The van der Waals surface area contributed by atoms with Crippen LogP contribution in [0.5, 0.6) is 5.75 Å². The number of amides is 1. The molecule has 0 radical (unpaired) electrons. The van der Waals surface area contributed by atoms with Crippen LogP contribution in [-0.2, 0) is 0 Å². The highest BCUT2D eigenvalue weighted by Crippen LogP contribution is 2.29. The molecule has 18 heavy (non-hydrogen) atoms. The van der Waals surface area contributed by atoms with Crippen LogP contribution in [0.4, 0.5) is 26.7 Å². The third kappa shape index (κ3) is 2.21. The fourth-order valence-corrected chi connectivity index (χ4v) is 0.861. The van der Waals surface area contributed by atoms with E-state index in [2.05, 4.69) is 4.74 Å². The third-order valence-electron chi connectivity index (χ3n) is 1.75. The zero-order valence-corrected chi connectivity index (χ0v) is 8.51. The van der Waals surface area contributed by atoms with Crippen molar-refractivity contribution in [2.45, 2.75) is 0 Å². The monoisotopic (exact) mass is 270 g/mol. The Morgan fingerprint density at radius 3 is 1.78 bits per heavy atom. The summed E-state index contributed by atoms with van der Waals surface area (Å²) in [5.41, 5.74) is 0. The molecular formula is C8H3F5N2O3. The second-order valence-corrected chi connectivity index (χ2v) is 2.87. The van der Waals surface area contributed by atoms with Crippen molar-refractivity contribution < 1.29 is 31.5 Å². The zero-order valence-electron chi connectivity index (χ0n) is 8.51. The van der Waals surface area contributed by atoms with Crippen LogP contribution < -0.4 is 4.74 Å². The lowest BCUT2D eigenvalue weighted by Crippen LogP contribution is -2.25. The summed E-state index contributed by atoms with van der Waals surface area (Å²) in [5.74, 6) is -13.4. The Labute approximate surface area is 95.7 Å². The summed E-state index contributed by atoms with van der Waals surface area (Å²) in [4.78, 5) is 20.8. The number of hydrogen-bond donors (Lipinski definition) is 0. The molecule has 0 heterocycles. The molecule has 0 spiro atoms. The van der Waals surface area contributed by atoms with Gasteiger partial charge in [0.15, 0.2) is 0 Å². The van der Waals surface area contributed by atoms with Crippen LogP contribution >= 0.6 is 0 Å². The van der Waals surface area contributed by atoms with E-state index in [4.69, 9.17) is 0 Å². The second-order valence-electron chi connectivity index (χ2n) is 2.87. The summed E-state index contributed by atoms with van der Waals surface area (Å²) in [6.07, 6.45) is -1.71. The van der Waals surface area contributed by atoms with E-state index in [0.29, 0.717) is 0 Å². The van der Waals surface area contributed by atoms with Gasteiger partial charge in [0.2, 0.25) is 34.8 Å². The number of rotatable bonds is 2. The minimum absolute atomic E-state index is 0.0436. The zero-order chi connectivity index (χ0) is 14.0. The SMILES string of the molecule is CN(N=O)C(=O)Oc1c(F)c(F)c(F)c(F)c1F. The number of nitrogens with zero attached hydrogens (tertiary/aromatic N) is 2. The standard InChI is InChI=1S/C8H3F5N2O3/c1-15(14-17)8(16)18-7-5(12)3(10)2(9)4(11)6(7)13/h1H3. The highest BCUT2D eigenvalue weighted by molar-refractivity contribution is 5.70. The van der Waals surface area contributed by atoms with Gasteiger partial charge in [-0.3, -0.25) is 0 Å². The van der Waals surface area contributed by atoms with Gasteiger partial charge in [-0.1, -0.05) is 0 Å². The number of halogens is 5. The van der Waals surface area contributed by atoms with Crippen molar-refractivity contribution in [3.63, 3.8) is 0 Å². The molecule has 0 aliphatic heterocycles. The van der Waals surface area contributed by atoms with Crippen LogP contribution in [0.25, 0.3) is 0 Å². The van der Waals surface area contributed by atoms with Crippen molar-refractivity contribution in [1.82, 2.24) is 5.01 Å². The van der Waals surface area contributed by atoms with E-state index in [1.807, 2.05) is 5.29 Å². The Hall–Kier alpha value is -2.26. The molecule has 5 nitrogen and oxygen atoms in total. The molecule has 0 saturated carbocycles. The molecule has 0 atom stereocenters. The van der Waals surface area contributed by atoms with Crippen LogP contribution in [-0.4, -0.2) is 18.1 Å². The van der Waals surface area contributed by atoms with Crippen molar-refractivity contribution in [2.24, 2.45) is 5.29 Å². The molecule has 0 unspecified atom stereocenters. The summed E-state index contributed by atoms with van der Waals surface area (Å²) in [6.45, 7) is 0. The molecule has 0 fully saturated rings. The lowest BCUT2D eigenvalue weighted by Gasteiger charge is -2.10. The first-order chi connectivity index (χ1) is 8.31. The topological polar surface area (TPSA) is 59.0 Å². The molecule has 0 N–H and O–H groups in total. The molecular weight excluding hydrogens is 267 g/mol. The van der Waals surface area contributed by atoms with Gasteiger partial charge >= 0.3 is 6.09 Å². The summed E-state index contributed by atoms with van der Waals surface area (Å²) < 4.78 is 67.8. The minimum Gasteiger partial charge on any atom is -0.402 e. The lowest BCUT2D eigenvalue weighted by atomic mass is 10.2. The number of nitroso groups, excluding NO2 is 1. The fourth-order valence-electron chi connectivity index (χ4n) is 0.861. The third-order valence-corrected chi connectivity index (χ3v) is 1.75. The summed E-state index contributed by atoms with van der Waals surface area (Å²) in [5, 5.41) is 1.97. The van der Waals surface area contributed by atoms with Gasteiger partial charge in [0.05, 0.1) is 5.29 Å². The van der Waals surface area contributed by atoms with Crippen LogP contribution in [0.3, 0.4) is 0 Å². The van der Waals surface area contributed by atoms with Crippen molar-refractivity contribution >= 4 is 6.09 Å². The molecule has 1 aromatic carbocycles. The fraction of sp³-hybridized carbons (Fsp3) is 0.125. The number of ether oxygens (including phenoxy) is 1. The van der Waals surface area contributed by atoms with E-state index in [1.165, 1.54) is 0 Å². The molecule has 1 aromatic rings. The van der Waals surface area contributed by atoms with Gasteiger partial charge in [-0.05, 0) is 0 Å². The first-order valence-electron chi connectivity index (χ1n) is 4.11. The summed E-state index contributed by atoms with van der Waals surface area (Å²) >= 11 is 0. The first kappa shape index (κ1) is 13.8. The quantitative estimate of drug-likeness (QED) is 0.273. The van der Waals surface area contributed by atoms with Crippen molar-refractivity contribution in [3.05, 3.63) is 34.0 Å². The molecule has 0 aromatic heterocycles. The van der Waals surface area contributed by atoms with E-state index in [0.717, 1.165) is 7.05 Å². The Balaban J connectivity index is 3.26. The van der Waals surface area contributed by atoms with Gasteiger partial charge in [0.25, 0.3) is 0 Å². The van der Waals surface area contributed by atoms with E-state index in [1.54, 1.807) is 0 Å². The average Bonchev–Trinajstić information content (AvgIpc) is 2.37. The molecule has 98 valence electrons. The van der Waals surface area contributed by atoms with Gasteiger partial charge in [-0.15, -0.1) is 4.91 Å². The van der Waals surface area contributed by atoms with Gasteiger partial charge in [0, 0.05) is 7.05 Å². The maximum Gasteiger partial charge on any atom is 0.438 e. The Bertz CT molecular complexity index is 493. The first-order valence-corrected chi connectivity index (χ1v) is 4.11. The van der Waals surface area contributed by atoms with Gasteiger partial charge < -0.3 is 4.74 Å². The minimum atomic E-state index is -2.40. The lowest BCUT2D eigenvalue weighted by molar-refractivity contribution is 0.158. The smallest absolute Gasteiger partial charge is 0.402 e. The van der Waals surface area contributed by atoms with Crippen LogP contribution in [0.15, 0.2) is 5.29 Å². The van der Waals surface area contributed by atoms with Crippen LogP contribution in [0.1, 0.15) is 0 Å². The highest BCUT2D eigenvalue weighted by Gasteiger charge is 2.29. The maximum atomic E-state index is 13.0. The van der Waals surface area contributed by atoms with E-state index >= 15 is 0 Å². The Kier molecular flexibility index (Phi) is 3.79. The molecule has 1 amide bonds. The van der Waals surface area contributed by atoms with Gasteiger partial charge in [-0.25, -0.2) is 18.0 Å². The summed E-state index contributed by atoms with van der Waals surface area (Å²) in [7, 11) is 0.751. The van der Waals surface area contributed by atoms with E-state index < -0.39 is 40.9 Å². The van der Waals surface area contributed by atoms with Crippen molar-refractivity contribution in [1.29, 1.82) is 0 Å². The number of hydrogen-bond acceptors (Lipinski definition) is 4. The van der Waals surface area contributed by atoms with Gasteiger partial charge in [0.1, 0.15) is 0 Å². The molecule has 1 rings (SSSR count). The Morgan fingerprint density at radius 1 is 1.00 bits per heavy atom. The number of benzene rings is 1. The van der Waals surface area contributed by atoms with E-state index in [9.17, 15) is 31.7 Å². The molecule has 0 saturated heterocycles. The largest absolute Gasteiger partial charge is 0.438 e. The second kappa shape index (κ2) is 4.94. The predicted octanol–water partition coefficient (Wildman–Crippen LogP) is 2.49. The van der Waals surface area contributed by atoms with Crippen molar-refractivity contribution in [2.75, 3.05) is 7.05 Å². The van der Waals surface area contributed by atoms with Crippen molar-refractivity contribution in [3.8, 4) is 5.75 Å². The Morgan fingerprint density at radius 2 is 1.39 bits per heavy atom.